The van der Waals surface area contributed by atoms with Crippen LogP contribution in [0, 0.1) is 0 Å². The quantitative estimate of drug-likeness (QED) is 0.772. The van der Waals surface area contributed by atoms with Gasteiger partial charge in [0.1, 0.15) is 5.82 Å². The Morgan fingerprint density at radius 3 is 2.37 bits per heavy atom. The van der Waals surface area contributed by atoms with Crippen molar-refractivity contribution in [1.82, 2.24) is 9.88 Å². The zero-order valence-electron chi connectivity index (χ0n) is 16.0. The van der Waals surface area contributed by atoms with Gasteiger partial charge in [-0.15, -0.1) is 0 Å². The molecule has 2 atom stereocenters. The predicted octanol–water partition coefficient (Wildman–Crippen LogP) is 4.83. The normalized spacial score (nSPS) is 26.4. The fourth-order valence-electron chi connectivity index (χ4n) is 4.52. The molecule has 0 spiro atoms. The highest BCUT2D eigenvalue weighted by Gasteiger charge is 2.38. The Kier molecular flexibility index (Phi) is 4.74. The summed E-state index contributed by atoms with van der Waals surface area (Å²) in [4.78, 5) is 7.36. The minimum atomic E-state index is 0.512. The van der Waals surface area contributed by atoms with Crippen molar-refractivity contribution in [2.45, 2.75) is 69.1 Å². The van der Waals surface area contributed by atoms with Crippen molar-refractivity contribution in [3.05, 3.63) is 54.2 Å². The zero-order chi connectivity index (χ0) is 18.1. The fraction of sp³-hybridized carbons (Fsp3) is 0.522. The number of nitrogens with one attached hydrogen (secondary N) is 2. The van der Waals surface area contributed by atoms with Crippen LogP contribution < -0.4 is 10.6 Å². The Morgan fingerprint density at radius 2 is 1.70 bits per heavy atom. The van der Waals surface area contributed by atoms with Gasteiger partial charge in [0, 0.05) is 30.7 Å². The molecule has 2 saturated carbocycles. The summed E-state index contributed by atoms with van der Waals surface area (Å²) < 4.78 is 0. The Labute approximate surface area is 162 Å². The number of rotatable bonds is 6. The summed E-state index contributed by atoms with van der Waals surface area (Å²) in [5, 5.41) is 7.27. The van der Waals surface area contributed by atoms with Crippen molar-refractivity contribution < 1.29 is 0 Å². The number of anilines is 2. The first-order valence-electron chi connectivity index (χ1n) is 10.6. The van der Waals surface area contributed by atoms with E-state index in [4.69, 9.17) is 0 Å². The molecule has 0 bridgehead atoms. The molecule has 1 aliphatic heterocycles. The van der Waals surface area contributed by atoms with Crippen LogP contribution in [-0.4, -0.2) is 34.6 Å². The minimum Gasteiger partial charge on any atom is -0.381 e. The van der Waals surface area contributed by atoms with Gasteiger partial charge in [-0.25, -0.2) is 4.98 Å². The molecular formula is C23H30N4. The predicted molar refractivity (Wildman–Crippen MR) is 111 cm³/mol. The van der Waals surface area contributed by atoms with Gasteiger partial charge in [0.05, 0.1) is 11.9 Å². The highest BCUT2D eigenvalue weighted by Crippen LogP contribution is 2.40. The summed E-state index contributed by atoms with van der Waals surface area (Å²) in [7, 11) is 0. The second-order valence-electron chi connectivity index (χ2n) is 8.47. The third kappa shape index (κ3) is 3.96. The lowest BCUT2D eigenvalue weighted by Gasteiger charge is -2.40. The van der Waals surface area contributed by atoms with Gasteiger partial charge < -0.3 is 10.6 Å². The molecule has 1 saturated heterocycles. The van der Waals surface area contributed by atoms with Crippen LogP contribution in [0.1, 0.15) is 56.6 Å². The summed E-state index contributed by atoms with van der Waals surface area (Å²) >= 11 is 0. The Bertz CT molecular complexity index is 737. The van der Waals surface area contributed by atoms with E-state index >= 15 is 0 Å². The fourth-order valence-corrected chi connectivity index (χ4v) is 4.52. The summed E-state index contributed by atoms with van der Waals surface area (Å²) in [6.45, 7) is 1.19. The first-order valence-corrected chi connectivity index (χ1v) is 10.6. The highest BCUT2D eigenvalue weighted by molar-refractivity contribution is 5.48. The number of hydrogen-bond donors (Lipinski definition) is 2. The lowest BCUT2D eigenvalue weighted by Crippen LogP contribution is -2.42. The molecule has 1 aromatic carbocycles. The first kappa shape index (κ1) is 17.1. The maximum atomic E-state index is 4.61. The van der Waals surface area contributed by atoms with E-state index in [2.05, 4.69) is 63.0 Å². The van der Waals surface area contributed by atoms with E-state index in [1.165, 1.54) is 57.1 Å². The van der Waals surface area contributed by atoms with Crippen molar-refractivity contribution in [1.29, 1.82) is 0 Å². The van der Waals surface area contributed by atoms with Crippen LogP contribution >= 0.6 is 0 Å². The van der Waals surface area contributed by atoms with E-state index < -0.39 is 0 Å². The maximum absolute atomic E-state index is 4.61. The van der Waals surface area contributed by atoms with Gasteiger partial charge in [-0.2, -0.15) is 0 Å². The molecule has 1 aromatic heterocycles. The van der Waals surface area contributed by atoms with Crippen LogP contribution in [0.4, 0.5) is 11.5 Å². The number of hydrogen-bond acceptors (Lipinski definition) is 4. The largest absolute Gasteiger partial charge is 0.381 e. The van der Waals surface area contributed by atoms with Crippen LogP contribution in [0.25, 0.3) is 0 Å². The lowest BCUT2D eigenvalue weighted by molar-refractivity contribution is 0.132. The molecule has 142 valence electrons. The van der Waals surface area contributed by atoms with Gasteiger partial charge >= 0.3 is 0 Å². The van der Waals surface area contributed by atoms with Gasteiger partial charge in [-0.1, -0.05) is 30.3 Å². The number of pyridine rings is 1. The van der Waals surface area contributed by atoms with Crippen LogP contribution in [0.5, 0.6) is 0 Å². The third-order valence-corrected chi connectivity index (χ3v) is 6.44. The molecule has 2 aliphatic carbocycles. The lowest BCUT2D eigenvalue weighted by atomic mass is 9.91. The zero-order valence-corrected chi connectivity index (χ0v) is 16.0. The molecule has 2 aromatic rings. The molecule has 4 nitrogen and oxygen atoms in total. The SMILES string of the molecule is c1ccc(C2CC(Nc3ccc(NC4CCC4)nc3)CCN2C2CC2)cc1. The molecule has 2 N–H and O–H groups in total. The van der Waals surface area contributed by atoms with Crippen molar-refractivity contribution >= 4 is 11.5 Å². The average molecular weight is 363 g/mol. The van der Waals surface area contributed by atoms with E-state index in [0.717, 1.165) is 17.5 Å². The second kappa shape index (κ2) is 7.51. The molecule has 2 heterocycles. The molecule has 0 amide bonds. The van der Waals surface area contributed by atoms with E-state index in [0.29, 0.717) is 18.1 Å². The smallest absolute Gasteiger partial charge is 0.126 e. The maximum Gasteiger partial charge on any atom is 0.126 e. The molecule has 5 rings (SSSR count). The molecule has 27 heavy (non-hydrogen) atoms. The van der Waals surface area contributed by atoms with Gasteiger partial charge in [-0.3, -0.25) is 4.90 Å². The van der Waals surface area contributed by atoms with Gasteiger partial charge in [0.25, 0.3) is 0 Å². The van der Waals surface area contributed by atoms with Crippen molar-refractivity contribution in [3.8, 4) is 0 Å². The van der Waals surface area contributed by atoms with Gasteiger partial charge in [-0.05, 0) is 62.6 Å². The van der Waals surface area contributed by atoms with Crippen LogP contribution in [-0.2, 0) is 0 Å². The molecule has 2 unspecified atom stereocenters. The Balaban J connectivity index is 1.24. The number of benzene rings is 1. The van der Waals surface area contributed by atoms with Crippen LogP contribution in [0.3, 0.4) is 0 Å². The molecule has 4 heteroatoms. The second-order valence-corrected chi connectivity index (χ2v) is 8.47. The van der Waals surface area contributed by atoms with E-state index in [1.807, 2.05) is 6.20 Å². The van der Waals surface area contributed by atoms with E-state index in [-0.39, 0.29) is 0 Å². The summed E-state index contributed by atoms with van der Waals surface area (Å²) in [6.07, 6.45) is 11.0. The van der Waals surface area contributed by atoms with E-state index in [9.17, 15) is 0 Å². The Morgan fingerprint density at radius 1 is 0.852 bits per heavy atom. The molecule has 3 aliphatic rings. The average Bonchev–Trinajstić information content (AvgIpc) is 3.52. The number of piperidine rings is 1. The molecule has 0 radical (unpaired) electrons. The summed E-state index contributed by atoms with van der Waals surface area (Å²) in [5.74, 6) is 1.01. The van der Waals surface area contributed by atoms with Gasteiger partial charge in [0.2, 0.25) is 0 Å². The highest BCUT2D eigenvalue weighted by atomic mass is 15.2. The number of likely N-dealkylation sites (tertiary alicyclic amines) is 1. The van der Waals surface area contributed by atoms with Crippen LogP contribution in [0.2, 0.25) is 0 Å². The van der Waals surface area contributed by atoms with Crippen LogP contribution in [0.15, 0.2) is 48.7 Å². The summed E-state index contributed by atoms with van der Waals surface area (Å²) in [6, 6.07) is 17.9. The molecular weight excluding hydrogens is 332 g/mol. The summed E-state index contributed by atoms with van der Waals surface area (Å²) in [5.41, 5.74) is 2.61. The standard InChI is InChI=1S/C23H30N4/c1-2-5-17(6-3-1)22-15-19(13-14-27(22)21-10-11-21)25-20-9-12-23(24-16-20)26-18-7-4-8-18/h1-3,5-6,9,12,16,18-19,21-22,25H,4,7-8,10-11,13-15H2,(H,24,26). The van der Waals surface area contributed by atoms with Crippen molar-refractivity contribution in [2.24, 2.45) is 0 Å². The monoisotopic (exact) mass is 362 g/mol. The molecule has 3 fully saturated rings. The Hall–Kier alpha value is -2.07. The van der Waals surface area contributed by atoms with Crippen molar-refractivity contribution in [3.63, 3.8) is 0 Å². The topological polar surface area (TPSA) is 40.2 Å². The first-order chi connectivity index (χ1) is 13.3. The minimum absolute atomic E-state index is 0.512. The number of nitrogens with zero attached hydrogens (tertiary/aromatic N) is 2. The third-order valence-electron chi connectivity index (χ3n) is 6.44. The van der Waals surface area contributed by atoms with Gasteiger partial charge in [0.15, 0.2) is 0 Å². The van der Waals surface area contributed by atoms with Crippen molar-refractivity contribution in [2.75, 3.05) is 17.2 Å². The van der Waals surface area contributed by atoms with E-state index in [1.54, 1.807) is 0 Å². The number of aromatic nitrogens is 1.